The minimum atomic E-state index is -0.270. The van der Waals surface area contributed by atoms with Gasteiger partial charge in [-0.25, -0.2) is 4.39 Å². The van der Waals surface area contributed by atoms with Crippen LogP contribution < -0.4 is 5.73 Å². The summed E-state index contributed by atoms with van der Waals surface area (Å²) in [6, 6.07) is 8.51. The van der Waals surface area contributed by atoms with Gasteiger partial charge in [-0.1, -0.05) is 12.1 Å². The van der Waals surface area contributed by atoms with Crippen LogP contribution in [0.5, 0.6) is 0 Å². The first kappa shape index (κ1) is 20.4. The van der Waals surface area contributed by atoms with E-state index in [2.05, 4.69) is 10.2 Å². The summed E-state index contributed by atoms with van der Waals surface area (Å²) in [6.07, 6.45) is 4.31. The summed E-state index contributed by atoms with van der Waals surface area (Å²) >= 11 is 0. The van der Waals surface area contributed by atoms with E-state index in [9.17, 15) is 9.18 Å². The molecule has 0 bridgehead atoms. The highest BCUT2D eigenvalue weighted by molar-refractivity contribution is 5.85. The molecule has 26 heavy (non-hydrogen) atoms. The molecule has 0 radical (unpaired) electrons. The van der Waals surface area contributed by atoms with Crippen molar-refractivity contribution in [1.29, 1.82) is 0 Å². The van der Waals surface area contributed by atoms with E-state index in [4.69, 9.17) is 5.73 Å². The first-order valence-corrected chi connectivity index (χ1v) is 8.83. The van der Waals surface area contributed by atoms with Gasteiger partial charge in [0.15, 0.2) is 0 Å². The Balaban J connectivity index is 0.00000243. The monoisotopic (exact) mass is 380 g/mol. The quantitative estimate of drug-likeness (QED) is 0.808. The van der Waals surface area contributed by atoms with E-state index in [1.165, 1.54) is 12.1 Å². The number of aromatic amines is 1. The fourth-order valence-corrected chi connectivity index (χ4v) is 3.45. The minimum absolute atomic E-state index is 0. The summed E-state index contributed by atoms with van der Waals surface area (Å²) in [6.45, 7) is 0.707. The molecule has 1 heterocycles. The molecule has 1 aromatic heterocycles. The van der Waals surface area contributed by atoms with Crippen LogP contribution in [-0.4, -0.2) is 40.6 Å². The van der Waals surface area contributed by atoms with Crippen molar-refractivity contribution in [3.63, 3.8) is 0 Å². The molecule has 1 saturated carbocycles. The van der Waals surface area contributed by atoms with Crippen LogP contribution in [0.1, 0.15) is 31.4 Å². The second kappa shape index (κ2) is 9.14. The third kappa shape index (κ3) is 5.05. The molecule has 0 saturated heterocycles. The number of benzene rings is 1. The molecule has 0 spiro atoms. The maximum absolute atomic E-state index is 13.3. The Morgan fingerprint density at radius 2 is 2.19 bits per heavy atom. The lowest BCUT2D eigenvalue weighted by molar-refractivity contribution is -0.134. The number of amides is 1. The van der Waals surface area contributed by atoms with Crippen LogP contribution in [0.2, 0.25) is 0 Å². The van der Waals surface area contributed by atoms with Crippen molar-refractivity contribution < 1.29 is 9.18 Å². The maximum atomic E-state index is 13.3. The average molecular weight is 381 g/mol. The van der Waals surface area contributed by atoms with Gasteiger partial charge < -0.3 is 10.6 Å². The van der Waals surface area contributed by atoms with Crippen LogP contribution in [0.4, 0.5) is 4.39 Å². The van der Waals surface area contributed by atoms with Crippen molar-refractivity contribution in [3.05, 3.63) is 41.8 Å². The molecule has 1 aromatic carbocycles. The molecule has 2 atom stereocenters. The standard InChI is InChI=1S/C19H25FN4O.ClH/c1-24(19(25)14-7-8-16(21)11-14)9-3-6-17-12-18(23-22-17)13-4-2-5-15(20)10-13;/h2,4-5,10,12,14,16H,3,6-9,11,21H2,1H3,(H,22,23);1H. The van der Waals surface area contributed by atoms with Gasteiger partial charge in [0, 0.05) is 36.8 Å². The zero-order valence-corrected chi connectivity index (χ0v) is 15.8. The number of halogens is 2. The molecular formula is C19H26ClFN4O. The highest BCUT2D eigenvalue weighted by Gasteiger charge is 2.29. The number of H-pyrrole nitrogens is 1. The van der Waals surface area contributed by atoms with Gasteiger partial charge in [-0.3, -0.25) is 9.89 Å². The molecule has 0 aliphatic heterocycles. The van der Waals surface area contributed by atoms with Crippen LogP contribution in [0.3, 0.4) is 0 Å². The first-order valence-electron chi connectivity index (χ1n) is 8.83. The van der Waals surface area contributed by atoms with Gasteiger partial charge in [-0.15, -0.1) is 12.4 Å². The van der Waals surface area contributed by atoms with Crippen LogP contribution >= 0.6 is 12.4 Å². The summed E-state index contributed by atoms with van der Waals surface area (Å²) in [5.74, 6) is 0.0264. The highest BCUT2D eigenvalue weighted by atomic mass is 35.5. The van der Waals surface area contributed by atoms with Crippen LogP contribution in [0.25, 0.3) is 11.3 Å². The van der Waals surface area contributed by atoms with Gasteiger partial charge >= 0.3 is 0 Å². The number of hydrogen-bond acceptors (Lipinski definition) is 3. The summed E-state index contributed by atoms with van der Waals surface area (Å²) in [7, 11) is 1.86. The van der Waals surface area contributed by atoms with Crippen LogP contribution in [-0.2, 0) is 11.2 Å². The summed E-state index contributed by atoms with van der Waals surface area (Å²) in [4.78, 5) is 14.2. The largest absolute Gasteiger partial charge is 0.346 e. The summed E-state index contributed by atoms with van der Waals surface area (Å²) in [5, 5.41) is 7.24. The lowest BCUT2D eigenvalue weighted by Crippen LogP contribution is -2.33. The number of aryl methyl sites for hydroxylation is 1. The SMILES string of the molecule is CN(CCCc1cc(-c2cccc(F)c2)n[nH]1)C(=O)C1CCC(N)C1.Cl. The van der Waals surface area contributed by atoms with E-state index in [1.54, 1.807) is 6.07 Å². The second-order valence-electron chi connectivity index (χ2n) is 6.92. The van der Waals surface area contributed by atoms with Gasteiger partial charge in [0.25, 0.3) is 0 Å². The topological polar surface area (TPSA) is 75.0 Å². The summed E-state index contributed by atoms with van der Waals surface area (Å²) < 4.78 is 13.3. The third-order valence-corrected chi connectivity index (χ3v) is 4.89. The van der Waals surface area contributed by atoms with E-state index in [0.717, 1.165) is 49.1 Å². The Morgan fingerprint density at radius 1 is 1.38 bits per heavy atom. The van der Waals surface area contributed by atoms with Gasteiger partial charge in [0.05, 0.1) is 5.69 Å². The van der Waals surface area contributed by atoms with Crippen molar-refractivity contribution in [2.24, 2.45) is 11.7 Å². The van der Waals surface area contributed by atoms with Crippen LogP contribution in [0, 0.1) is 11.7 Å². The normalized spacial score (nSPS) is 19.2. The summed E-state index contributed by atoms with van der Waals surface area (Å²) in [5.41, 5.74) is 8.37. The lowest BCUT2D eigenvalue weighted by atomic mass is 10.1. The Hall–Kier alpha value is -1.92. The van der Waals surface area contributed by atoms with Crippen molar-refractivity contribution in [2.45, 2.75) is 38.1 Å². The number of hydrogen-bond donors (Lipinski definition) is 2. The first-order chi connectivity index (χ1) is 12.0. The van der Waals surface area contributed by atoms with Crippen molar-refractivity contribution >= 4 is 18.3 Å². The fraction of sp³-hybridized carbons (Fsp3) is 0.474. The molecule has 3 rings (SSSR count). The predicted molar refractivity (Wildman–Crippen MR) is 103 cm³/mol. The Kier molecular flexibility index (Phi) is 7.17. The fourth-order valence-electron chi connectivity index (χ4n) is 3.45. The molecule has 2 unspecified atom stereocenters. The number of rotatable bonds is 6. The van der Waals surface area contributed by atoms with E-state index >= 15 is 0 Å². The molecule has 3 N–H and O–H groups in total. The molecule has 1 fully saturated rings. The van der Waals surface area contributed by atoms with Gasteiger partial charge in [0.2, 0.25) is 5.91 Å². The molecule has 1 aliphatic carbocycles. The molecule has 1 aliphatic rings. The average Bonchev–Trinajstić information content (AvgIpc) is 3.23. The van der Waals surface area contributed by atoms with Crippen LogP contribution in [0.15, 0.2) is 30.3 Å². The highest BCUT2D eigenvalue weighted by Crippen LogP contribution is 2.25. The van der Waals surface area contributed by atoms with Gasteiger partial charge in [0.1, 0.15) is 5.82 Å². The maximum Gasteiger partial charge on any atom is 0.225 e. The number of nitrogens with one attached hydrogen (secondary N) is 1. The lowest BCUT2D eigenvalue weighted by Gasteiger charge is -2.20. The molecule has 5 nitrogen and oxygen atoms in total. The van der Waals surface area contributed by atoms with E-state index in [0.29, 0.717) is 6.54 Å². The van der Waals surface area contributed by atoms with Crippen molar-refractivity contribution in [3.8, 4) is 11.3 Å². The molecule has 7 heteroatoms. The van der Waals surface area contributed by atoms with Crippen molar-refractivity contribution in [2.75, 3.05) is 13.6 Å². The Morgan fingerprint density at radius 3 is 2.88 bits per heavy atom. The zero-order valence-electron chi connectivity index (χ0n) is 15.0. The molecular weight excluding hydrogens is 355 g/mol. The second-order valence-corrected chi connectivity index (χ2v) is 6.92. The minimum Gasteiger partial charge on any atom is -0.346 e. The number of nitrogens with zero attached hydrogens (tertiary/aromatic N) is 2. The van der Waals surface area contributed by atoms with Gasteiger partial charge in [-0.2, -0.15) is 5.10 Å². The van der Waals surface area contributed by atoms with Gasteiger partial charge in [-0.05, 0) is 50.3 Å². The smallest absolute Gasteiger partial charge is 0.225 e. The number of nitrogens with two attached hydrogens (primary N) is 1. The third-order valence-electron chi connectivity index (χ3n) is 4.89. The van der Waals surface area contributed by atoms with Crippen molar-refractivity contribution in [1.82, 2.24) is 15.1 Å². The van der Waals surface area contributed by atoms with E-state index in [1.807, 2.05) is 24.1 Å². The Labute approximate surface area is 159 Å². The zero-order chi connectivity index (χ0) is 17.8. The van der Waals surface area contributed by atoms with E-state index < -0.39 is 0 Å². The molecule has 1 amide bonds. The number of carbonyl (C=O) groups excluding carboxylic acids is 1. The number of carbonyl (C=O) groups is 1. The molecule has 2 aromatic rings. The van der Waals surface area contributed by atoms with E-state index in [-0.39, 0.29) is 36.1 Å². The Bertz CT molecular complexity index is 736. The number of aromatic nitrogens is 2. The predicted octanol–water partition coefficient (Wildman–Crippen LogP) is 3.16. The molecule has 142 valence electrons.